The largest absolute Gasteiger partial charge is 0.457 e. The fourth-order valence-corrected chi connectivity index (χ4v) is 3.80. The van der Waals surface area contributed by atoms with Gasteiger partial charge in [0.1, 0.15) is 16.9 Å². The number of thioether (sulfide) groups is 1. The van der Waals surface area contributed by atoms with Gasteiger partial charge in [0.15, 0.2) is 0 Å². The first-order valence-electron chi connectivity index (χ1n) is 7.73. The maximum atomic E-state index is 12.2. The van der Waals surface area contributed by atoms with Crippen molar-refractivity contribution in [2.45, 2.75) is 19.2 Å². The highest BCUT2D eigenvalue weighted by molar-refractivity contribution is 8.00. The molecule has 0 spiro atoms. The van der Waals surface area contributed by atoms with Crippen LogP contribution in [0.2, 0.25) is 0 Å². The van der Waals surface area contributed by atoms with Crippen LogP contribution in [-0.2, 0) is 4.79 Å². The molecule has 0 bridgehead atoms. The predicted octanol–water partition coefficient (Wildman–Crippen LogP) is 4.10. The lowest BCUT2D eigenvalue weighted by atomic mass is 10.1. The molecule has 1 amide bonds. The molecule has 1 saturated heterocycles. The number of rotatable bonds is 5. The van der Waals surface area contributed by atoms with Crippen LogP contribution in [0.5, 0.6) is 11.5 Å². The molecule has 0 N–H and O–H groups in total. The number of para-hydroxylation sites is 1. The Morgan fingerprint density at radius 1 is 1.30 bits per heavy atom. The SMILES string of the molecule is CC(C)CN1C(=O)CSC1c1cnccc1Oc1ccccc1. The maximum Gasteiger partial charge on any atom is 0.233 e. The van der Waals surface area contributed by atoms with Crippen LogP contribution in [0.25, 0.3) is 0 Å². The molecule has 1 aromatic carbocycles. The standard InChI is InChI=1S/C18H20N2O2S/c1-13(2)11-20-17(21)12-23-18(20)15-10-19-9-8-16(15)22-14-6-4-3-5-7-14/h3-10,13,18H,11-12H2,1-2H3. The van der Waals surface area contributed by atoms with Gasteiger partial charge < -0.3 is 9.64 Å². The van der Waals surface area contributed by atoms with E-state index in [9.17, 15) is 4.79 Å². The van der Waals surface area contributed by atoms with Gasteiger partial charge in [-0.1, -0.05) is 32.0 Å². The van der Waals surface area contributed by atoms with Crippen LogP contribution in [0.3, 0.4) is 0 Å². The van der Waals surface area contributed by atoms with E-state index in [0.717, 1.165) is 23.6 Å². The summed E-state index contributed by atoms with van der Waals surface area (Å²) in [5, 5.41) is -0.0303. The molecule has 23 heavy (non-hydrogen) atoms. The summed E-state index contributed by atoms with van der Waals surface area (Å²) >= 11 is 1.63. The summed E-state index contributed by atoms with van der Waals surface area (Å²) in [6.07, 6.45) is 3.53. The highest BCUT2D eigenvalue weighted by atomic mass is 32.2. The van der Waals surface area contributed by atoms with Crippen LogP contribution < -0.4 is 4.74 Å². The average Bonchev–Trinajstić information content (AvgIpc) is 2.89. The molecular weight excluding hydrogens is 308 g/mol. The van der Waals surface area contributed by atoms with E-state index < -0.39 is 0 Å². The Hall–Kier alpha value is -2.01. The number of benzene rings is 1. The summed E-state index contributed by atoms with van der Waals surface area (Å²) in [5.74, 6) is 2.66. The van der Waals surface area contributed by atoms with Crippen molar-refractivity contribution in [3.05, 3.63) is 54.4 Å². The second-order valence-electron chi connectivity index (χ2n) is 5.93. The molecule has 0 saturated carbocycles. The van der Waals surface area contributed by atoms with E-state index in [1.807, 2.05) is 47.5 Å². The van der Waals surface area contributed by atoms with Gasteiger partial charge in [0.2, 0.25) is 5.91 Å². The van der Waals surface area contributed by atoms with Gasteiger partial charge in [-0.15, -0.1) is 11.8 Å². The van der Waals surface area contributed by atoms with E-state index in [1.54, 1.807) is 18.0 Å². The zero-order valence-electron chi connectivity index (χ0n) is 13.3. The van der Waals surface area contributed by atoms with Gasteiger partial charge in [-0.05, 0) is 24.1 Å². The normalized spacial score (nSPS) is 17.8. The Balaban J connectivity index is 1.89. The van der Waals surface area contributed by atoms with Crippen molar-refractivity contribution < 1.29 is 9.53 Å². The molecule has 1 atom stereocenters. The van der Waals surface area contributed by atoms with Gasteiger partial charge in [-0.25, -0.2) is 0 Å². The lowest BCUT2D eigenvalue weighted by molar-refractivity contribution is -0.128. The van der Waals surface area contributed by atoms with Gasteiger partial charge in [0, 0.05) is 24.5 Å². The van der Waals surface area contributed by atoms with Crippen molar-refractivity contribution in [1.29, 1.82) is 0 Å². The van der Waals surface area contributed by atoms with Gasteiger partial charge in [0.05, 0.1) is 5.75 Å². The van der Waals surface area contributed by atoms with E-state index in [0.29, 0.717) is 11.7 Å². The molecule has 5 heteroatoms. The third-order valence-electron chi connectivity index (χ3n) is 3.58. The molecule has 0 radical (unpaired) electrons. The van der Waals surface area contributed by atoms with E-state index in [4.69, 9.17) is 4.74 Å². The monoisotopic (exact) mass is 328 g/mol. The Bertz CT molecular complexity index is 676. The minimum Gasteiger partial charge on any atom is -0.457 e. The van der Waals surface area contributed by atoms with E-state index >= 15 is 0 Å². The van der Waals surface area contributed by atoms with Crippen LogP contribution in [0.4, 0.5) is 0 Å². The molecule has 0 aliphatic carbocycles. The minimum absolute atomic E-state index is 0.0303. The van der Waals surface area contributed by atoms with Gasteiger partial charge in [-0.2, -0.15) is 0 Å². The number of amides is 1. The van der Waals surface area contributed by atoms with Crippen molar-refractivity contribution in [3.8, 4) is 11.5 Å². The zero-order chi connectivity index (χ0) is 16.2. The highest BCUT2D eigenvalue weighted by Crippen LogP contribution is 2.43. The Labute approximate surface area is 140 Å². The second kappa shape index (κ2) is 7.04. The Morgan fingerprint density at radius 3 is 2.83 bits per heavy atom. The molecule has 120 valence electrons. The molecule has 1 aliphatic heterocycles. The number of pyridine rings is 1. The first-order valence-corrected chi connectivity index (χ1v) is 8.78. The van der Waals surface area contributed by atoms with Crippen molar-refractivity contribution in [2.75, 3.05) is 12.3 Å². The summed E-state index contributed by atoms with van der Waals surface area (Å²) in [6, 6.07) is 11.5. The number of carbonyl (C=O) groups excluding carboxylic acids is 1. The lowest BCUT2D eigenvalue weighted by Gasteiger charge is -2.26. The Kier molecular flexibility index (Phi) is 4.86. The van der Waals surface area contributed by atoms with Gasteiger partial charge in [0.25, 0.3) is 0 Å². The summed E-state index contributed by atoms with van der Waals surface area (Å²) < 4.78 is 6.02. The first kappa shape index (κ1) is 15.9. The third-order valence-corrected chi connectivity index (χ3v) is 4.81. The minimum atomic E-state index is -0.0303. The van der Waals surface area contributed by atoms with E-state index in [2.05, 4.69) is 18.8 Å². The summed E-state index contributed by atoms with van der Waals surface area (Å²) in [7, 11) is 0. The molecule has 1 aromatic heterocycles. The summed E-state index contributed by atoms with van der Waals surface area (Å²) in [5.41, 5.74) is 0.952. The number of nitrogens with zero attached hydrogens (tertiary/aromatic N) is 2. The van der Waals surface area contributed by atoms with Gasteiger partial charge in [-0.3, -0.25) is 9.78 Å². The molecule has 1 fully saturated rings. The molecular formula is C18H20N2O2S. The summed E-state index contributed by atoms with van der Waals surface area (Å²) in [4.78, 5) is 18.4. The third kappa shape index (κ3) is 3.67. The van der Waals surface area contributed by atoms with E-state index in [1.165, 1.54) is 0 Å². The van der Waals surface area contributed by atoms with Gasteiger partial charge >= 0.3 is 0 Å². The first-order chi connectivity index (χ1) is 11.1. The predicted molar refractivity (Wildman–Crippen MR) is 92.5 cm³/mol. The highest BCUT2D eigenvalue weighted by Gasteiger charge is 2.35. The molecule has 2 aromatic rings. The zero-order valence-corrected chi connectivity index (χ0v) is 14.1. The van der Waals surface area contributed by atoms with E-state index in [-0.39, 0.29) is 11.3 Å². The number of carbonyl (C=O) groups is 1. The van der Waals surface area contributed by atoms with Crippen molar-refractivity contribution in [2.24, 2.45) is 5.92 Å². The van der Waals surface area contributed by atoms with Crippen LogP contribution >= 0.6 is 11.8 Å². The second-order valence-corrected chi connectivity index (χ2v) is 7.00. The number of aromatic nitrogens is 1. The quantitative estimate of drug-likeness (QED) is 0.828. The van der Waals surface area contributed by atoms with Crippen LogP contribution in [-0.4, -0.2) is 28.1 Å². The molecule has 4 nitrogen and oxygen atoms in total. The summed E-state index contributed by atoms with van der Waals surface area (Å²) in [6.45, 7) is 4.99. The molecule has 2 heterocycles. The van der Waals surface area contributed by atoms with Crippen LogP contribution in [0.15, 0.2) is 48.8 Å². The fourth-order valence-electron chi connectivity index (χ4n) is 2.59. The number of hydrogen-bond donors (Lipinski definition) is 0. The van der Waals surface area contributed by atoms with Crippen LogP contribution in [0, 0.1) is 5.92 Å². The van der Waals surface area contributed by atoms with Crippen molar-refractivity contribution >= 4 is 17.7 Å². The topological polar surface area (TPSA) is 42.4 Å². The smallest absolute Gasteiger partial charge is 0.233 e. The molecule has 1 aliphatic rings. The average molecular weight is 328 g/mol. The van der Waals surface area contributed by atoms with Crippen molar-refractivity contribution in [3.63, 3.8) is 0 Å². The molecule has 1 unspecified atom stereocenters. The van der Waals surface area contributed by atoms with Crippen LogP contribution in [0.1, 0.15) is 24.8 Å². The number of hydrogen-bond acceptors (Lipinski definition) is 4. The lowest BCUT2D eigenvalue weighted by Crippen LogP contribution is -2.31. The maximum absolute atomic E-state index is 12.2. The Morgan fingerprint density at radius 2 is 2.09 bits per heavy atom. The van der Waals surface area contributed by atoms with Crippen molar-refractivity contribution in [1.82, 2.24) is 9.88 Å². The molecule has 3 rings (SSSR count). The number of ether oxygens (including phenoxy) is 1. The fraction of sp³-hybridized carbons (Fsp3) is 0.333.